The number of halogens is 3. The molecule has 1 atom stereocenters. The molecule has 1 heterocycles. The zero-order valence-corrected chi connectivity index (χ0v) is 10.4. The minimum atomic E-state index is -2.84. The molecule has 84 valence electrons. The van der Waals surface area contributed by atoms with Gasteiger partial charge in [0.1, 0.15) is 6.10 Å². The number of hydrogen-bond acceptors (Lipinski definition) is 3. The summed E-state index contributed by atoms with van der Waals surface area (Å²) in [6.07, 6.45) is -4.65. The van der Waals surface area contributed by atoms with Gasteiger partial charge >= 0.3 is 0 Å². The Balaban J connectivity index is 2.43. The van der Waals surface area contributed by atoms with E-state index in [1.165, 1.54) is 11.3 Å². The second-order valence-corrected chi connectivity index (χ2v) is 5.56. The highest BCUT2D eigenvalue weighted by Crippen LogP contribution is 2.16. The van der Waals surface area contributed by atoms with Crippen molar-refractivity contribution in [2.75, 3.05) is 6.54 Å². The van der Waals surface area contributed by atoms with E-state index in [9.17, 15) is 13.6 Å². The molecule has 0 aliphatic heterocycles. The predicted molar refractivity (Wildman–Crippen MR) is 61.4 cm³/mol. The predicted octanol–water partition coefficient (Wildman–Crippen LogP) is 1.71. The molecule has 15 heavy (non-hydrogen) atoms. The van der Waals surface area contributed by atoms with Crippen molar-refractivity contribution in [3.63, 3.8) is 0 Å². The third-order valence-corrected chi connectivity index (χ3v) is 3.38. The van der Waals surface area contributed by atoms with Gasteiger partial charge in [-0.15, -0.1) is 11.3 Å². The number of rotatable bonds is 4. The Morgan fingerprint density at radius 1 is 1.67 bits per heavy atom. The highest BCUT2D eigenvalue weighted by molar-refractivity contribution is 14.1. The van der Waals surface area contributed by atoms with Crippen LogP contribution >= 0.6 is 33.9 Å². The van der Waals surface area contributed by atoms with Gasteiger partial charge in [-0.1, -0.05) is 0 Å². The van der Waals surface area contributed by atoms with Gasteiger partial charge in [0, 0.05) is 11.9 Å². The maximum Gasteiger partial charge on any atom is 0.265 e. The van der Waals surface area contributed by atoms with E-state index in [0.717, 1.165) is 2.88 Å². The molecule has 7 heteroatoms. The number of hydrogen-bond donors (Lipinski definition) is 2. The normalized spacial score (nSPS) is 12.9. The standard InChI is InChI=1S/C8H8F2INO2S/c9-7(10)5(13)2-12-8(14)4-1-6(11)15-3-4/h1,3,5,7,13H,2H2,(H,12,14). The molecular formula is C8H8F2INO2S. The van der Waals surface area contributed by atoms with Crippen LogP contribution in [0.4, 0.5) is 8.78 Å². The van der Waals surface area contributed by atoms with Crippen LogP contribution in [0.3, 0.4) is 0 Å². The van der Waals surface area contributed by atoms with Crippen LogP contribution in [0, 0.1) is 2.88 Å². The molecule has 0 radical (unpaired) electrons. The van der Waals surface area contributed by atoms with E-state index < -0.39 is 25.0 Å². The maximum absolute atomic E-state index is 11.9. The fraction of sp³-hybridized carbons (Fsp3) is 0.375. The summed E-state index contributed by atoms with van der Waals surface area (Å²) in [5.41, 5.74) is 0.422. The van der Waals surface area contributed by atoms with Crippen molar-refractivity contribution < 1.29 is 18.7 Å². The number of nitrogens with one attached hydrogen (secondary N) is 1. The van der Waals surface area contributed by atoms with Crippen LogP contribution in [-0.2, 0) is 0 Å². The third kappa shape index (κ3) is 3.99. The molecule has 1 unspecified atom stereocenters. The lowest BCUT2D eigenvalue weighted by Crippen LogP contribution is -2.35. The molecule has 3 nitrogen and oxygen atoms in total. The van der Waals surface area contributed by atoms with Gasteiger partial charge in [-0.2, -0.15) is 0 Å². The lowest BCUT2D eigenvalue weighted by atomic mass is 10.3. The van der Waals surface area contributed by atoms with Crippen molar-refractivity contribution in [1.82, 2.24) is 5.32 Å². The molecular weight excluding hydrogens is 339 g/mol. The van der Waals surface area contributed by atoms with Crippen molar-refractivity contribution in [2.45, 2.75) is 12.5 Å². The van der Waals surface area contributed by atoms with E-state index in [-0.39, 0.29) is 0 Å². The van der Waals surface area contributed by atoms with Gasteiger partial charge in [0.15, 0.2) is 0 Å². The lowest BCUT2D eigenvalue weighted by molar-refractivity contribution is -0.00270. The SMILES string of the molecule is O=C(NCC(O)C(F)F)c1csc(I)c1. The Hall–Kier alpha value is -0.280. The number of aliphatic hydroxyl groups excluding tert-OH is 1. The first kappa shape index (κ1) is 12.8. The average Bonchev–Trinajstić information content (AvgIpc) is 2.60. The van der Waals surface area contributed by atoms with Crippen molar-refractivity contribution in [2.24, 2.45) is 0 Å². The molecule has 0 fully saturated rings. The second-order valence-electron chi connectivity index (χ2n) is 2.75. The smallest absolute Gasteiger partial charge is 0.265 e. The van der Waals surface area contributed by atoms with Crippen LogP contribution in [0.15, 0.2) is 11.4 Å². The molecule has 0 aliphatic rings. The van der Waals surface area contributed by atoms with E-state index in [1.54, 1.807) is 11.4 Å². The summed E-state index contributed by atoms with van der Waals surface area (Å²) in [6.45, 7) is -0.442. The van der Waals surface area contributed by atoms with E-state index in [0.29, 0.717) is 5.56 Å². The number of carbonyl (C=O) groups is 1. The third-order valence-electron chi connectivity index (χ3n) is 1.59. The first-order chi connectivity index (χ1) is 7.00. The zero-order valence-electron chi connectivity index (χ0n) is 7.41. The first-order valence-electron chi connectivity index (χ1n) is 3.99. The van der Waals surface area contributed by atoms with Crippen LogP contribution < -0.4 is 5.32 Å². The van der Waals surface area contributed by atoms with Gasteiger partial charge in [0.2, 0.25) is 0 Å². The summed E-state index contributed by atoms with van der Waals surface area (Å²) in [7, 11) is 0. The minimum Gasteiger partial charge on any atom is -0.385 e. The maximum atomic E-state index is 11.9. The lowest BCUT2D eigenvalue weighted by Gasteiger charge is -2.09. The Kier molecular flexibility index (Phi) is 4.87. The van der Waals surface area contributed by atoms with Gasteiger partial charge in [0.25, 0.3) is 12.3 Å². The zero-order chi connectivity index (χ0) is 11.4. The van der Waals surface area contributed by atoms with Gasteiger partial charge in [-0.05, 0) is 28.7 Å². The number of thiophene rings is 1. The summed E-state index contributed by atoms with van der Waals surface area (Å²) in [6, 6.07) is 1.65. The van der Waals surface area contributed by atoms with Crippen LogP contribution in [0.1, 0.15) is 10.4 Å². The van der Waals surface area contributed by atoms with E-state index in [2.05, 4.69) is 27.9 Å². The largest absolute Gasteiger partial charge is 0.385 e. The second kappa shape index (κ2) is 5.71. The van der Waals surface area contributed by atoms with Gasteiger partial charge in [-0.3, -0.25) is 4.79 Å². The molecule has 0 aromatic carbocycles. The van der Waals surface area contributed by atoms with Crippen molar-refractivity contribution in [3.05, 3.63) is 19.9 Å². The Labute approximate surface area is 103 Å². The van der Waals surface area contributed by atoms with Gasteiger partial charge in [0.05, 0.1) is 8.45 Å². The molecule has 0 saturated carbocycles. The van der Waals surface area contributed by atoms with E-state index >= 15 is 0 Å². The van der Waals surface area contributed by atoms with Crippen LogP contribution in [0.25, 0.3) is 0 Å². The number of amides is 1. The molecule has 1 amide bonds. The van der Waals surface area contributed by atoms with Crippen molar-refractivity contribution in [3.8, 4) is 0 Å². The highest BCUT2D eigenvalue weighted by atomic mass is 127. The van der Waals surface area contributed by atoms with E-state index in [1.807, 2.05) is 0 Å². The summed E-state index contributed by atoms with van der Waals surface area (Å²) in [5.74, 6) is -0.450. The summed E-state index contributed by atoms with van der Waals surface area (Å²) >= 11 is 3.44. The quantitative estimate of drug-likeness (QED) is 0.815. The number of aliphatic hydroxyl groups is 1. The fourth-order valence-electron chi connectivity index (χ4n) is 0.818. The van der Waals surface area contributed by atoms with Crippen LogP contribution in [-0.4, -0.2) is 30.1 Å². The molecule has 1 aromatic rings. The Morgan fingerprint density at radius 2 is 2.33 bits per heavy atom. The Bertz CT molecular complexity index is 345. The number of carbonyl (C=O) groups excluding carboxylic acids is 1. The molecule has 1 rings (SSSR count). The van der Waals surface area contributed by atoms with Crippen molar-refractivity contribution in [1.29, 1.82) is 0 Å². The van der Waals surface area contributed by atoms with Crippen LogP contribution in [0.2, 0.25) is 0 Å². The highest BCUT2D eigenvalue weighted by Gasteiger charge is 2.18. The van der Waals surface area contributed by atoms with Crippen LogP contribution in [0.5, 0.6) is 0 Å². The van der Waals surface area contributed by atoms with Gasteiger partial charge < -0.3 is 10.4 Å². The monoisotopic (exact) mass is 347 g/mol. The first-order valence-corrected chi connectivity index (χ1v) is 5.95. The average molecular weight is 347 g/mol. The molecule has 0 bridgehead atoms. The van der Waals surface area contributed by atoms with E-state index in [4.69, 9.17) is 5.11 Å². The summed E-state index contributed by atoms with van der Waals surface area (Å²) in [4.78, 5) is 11.3. The molecule has 0 aliphatic carbocycles. The minimum absolute atomic E-state index is 0.422. The van der Waals surface area contributed by atoms with Crippen molar-refractivity contribution >= 4 is 39.8 Å². The molecule has 0 spiro atoms. The summed E-state index contributed by atoms with van der Waals surface area (Å²) < 4.78 is 24.7. The summed E-state index contributed by atoms with van der Waals surface area (Å²) in [5, 5.41) is 12.6. The molecule has 1 aromatic heterocycles. The number of alkyl halides is 2. The molecule has 0 saturated heterocycles. The fourth-order valence-corrected chi connectivity index (χ4v) is 2.14. The molecule has 2 N–H and O–H groups in total. The van der Waals surface area contributed by atoms with Gasteiger partial charge in [-0.25, -0.2) is 8.78 Å². The Morgan fingerprint density at radius 3 is 2.80 bits per heavy atom. The topological polar surface area (TPSA) is 49.3 Å².